The summed E-state index contributed by atoms with van der Waals surface area (Å²) in [5.41, 5.74) is 4.80. The lowest BCUT2D eigenvalue weighted by Crippen LogP contribution is -2.16. The Bertz CT molecular complexity index is 598. The topological polar surface area (TPSA) is 20.2 Å². The van der Waals surface area contributed by atoms with Crippen LogP contribution in [0.15, 0.2) is 53.6 Å². The molecule has 2 atom stereocenters. The van der Waals surface area contributed by atoms with Crippen LogP contribution < -0.4 is 0 Å². The van der Waals surface area contributed by atoms with E-state index in [-0.39, 0.29) is 12.0 Å². The number of unbranched alkanes of at least 4 members (excludes halogenated alkanes) is 1. The van der Waals surface area contributed by atoms with Crippen molar-refractivity contribution in [1.82, 2.24) is 0 Å². The predicted molar refractivity (Wildman–Crippen MR) is 93.4 cm³/mol. The van der Waals surface area contributed by atoms with Crippen LogP contribution in [0.25, 0.3) is 0 Å². The van der Waals surface area contributed by atoms with Crippen molar-refractivity contribution in [3.8, 4) is 11.8 Å². The second-order valence-electron chi connectivity index (χ2n) is 6.15. The maximum Gasteiger partial charge on any atom is 0.0655 e. The van der Waals surface area contributed by atoms with Crippen molar-refractivity contribution in [2.45, 2.75) is 52.1 Å². The van der Waals surface area contributed by atoms with Crippen molar-refractivity contribution >= 4 is 0 Å². The molecular weight excluding hydrogens is 268 g/mol. The molecule has 1 aliphatic rings. The average molecular weight is 294 g/mol. The van der Waals surface area contributed by atoms with Crippen molar-refractivity contribution in [2.75, 3.05) is 0 Å². The highest BCUT2D eigenvalue weighted by molar-refractivity contribution is 5.41. The zero-order valence-corrected chi connectivity index (χ0v) is 13.7. The Kier molecular flexibility index (Phi) is 6.04. The fourth-order valence-corrected chi connectivity index (χ4v) is 3.23. The molecule has 1 nitrogen and oxygen atoms in total. The molecule has 22 heavy (non-hydrogen) atoms. The van der Waals surface area contributed by atoms with Gasteiger partial charge in [-0.2, -0.15) is 0 Å². The van der Waals surface area contributed by atoms with E-state index in [1.54, 1.807) is 0 Å². The lowest BCUT2D eigenvalue weighted by atomic mass is 9.90. The lowest BCUT2D eigenvalue weighted by molar-refractivity contribution is 0.141. The third kappa shape index (κ3) is 4.12. The Hall–Kier alpha value is -1.78. The molecule has 0 saturated heterocycles. The highest BCUT2D eigenvalue weighted by atomic mass is 16.3. The zero-order valence-electron chi connectivity index (χ0n) is 13.7. The summed E-state index contributed by atoms with van der Waals surface area (Å²) in [4.78, 5) is 0. The zero-order chi connectivity index (χ0) is 15.9. The van der Waals surface area contributed by atoms with E-state index < -0.39 is 0 Å². The molecule has 1 N–H and O–H groups in total. The molecule has 116 valence electrons. The highest BCUT2D eigenvalue weighted by Gasteiger charge is 2.32. The van der Waals surface area contributed by atoms with Crippen molar-refractivity contribution < 1.29 is 5.11 Å². The summed E-state index contributed by atoms with van der Waals surface area (Å²) in [6.07, 6.45) is 4.64. The fraction of sp³-hybridized carbons (Fsp3) is 0.429. The SMILES string of the molecule is C=C(C)C1=C(CCCC)C[C@@H](O)[C@H]1CC#Cc1ccccc1. The van der Waals surface area contributed by atoms with Gasteiger partial charge in [0.1, 0.15) is 0 Å². The minimum atomic E-state index is -0.302. The first kappa shape index (κ1) is 16.6. The highest BCUT2D eigenvalue weighted by Crippen LogP contribution is 2.40. The Labute approximate surface area is 134 Å². The molecule has 0 unspecified atom stereocenters. The summed E-state index contributed by atoms with van der Waals surface area (Å²) < 4.78 is 0. The quantitative estimate of drug-likeness (QED) is 0.768. The molecule has 1 aromatic carbocycles. The third-order valence-corrected chi connectivity index (χ3v) is 4.29. The molecule has 0 aliphatic heterocycles. The summed E-state index contributed by atoms with van der Waals surface area (Å²) in [6, 6.07) is 10.0. The first-order valence-corrected chi connectivity index (χ1v) is 8.23. The van der Waals surface area contributed by atoms with Crippen LogP contribution in [-0.2, 0) is 0 Å². The number of hydrogen-bond acceptors (Lipinski definition) is 1. The standard InChI is InChI=1S/C21H26O/c1-4-5-13-18-15-20(22)19(21(18)16(2)3)14-9-12-17-10-7-6-8-11-17/h6-8,10-11,19-20,22H,2,4-5,13-15H2,1,3H3/t19-,20-/m1/s1. The van der Waals surface area contributed by atoms with Gasteiger partial charge in [-0.15, -0.1) is 0 Å². The Morgan fingerprint density at radius 1 is 1.32 bits per heavy atom. The molecule has 2 rings (SSSR count). The molecule has 0 aromatic heterocycles. The first-order chi connectivity index (χ1) is 10.6. The smallest absolute Gasteiger partial charge is 0.0655 e. The third-order valence-electron chi connectivity index (χ3n) is 4.29. The van der Waals surface area contributed by atoms with Crippen molar-refractivity contribution in [2.24, 2.45) is 5.92 Å². The van der Waals surface area contributed by atoms with Crippen molar-refractivity contribution in [3.63, 3.8) is 0 Å². The first-order valence-electron chi connectivity index (χ1n) is 8.23. The van der Waals surface area contributed by atoms with Crippen molar-refractivity contribution in [1.29, 1.82) is 0 Å². The van der Waals surface area contributed by atoms with Gasteiger partial charge >= 0.3 is 0 Å². The second-order valence-corrected chi connectivity index (χ2v) is 6.15. The molecule has 1 aromatic rings. The van der Waals surface area contributed by atoms with Crippen LogP contribution in [0.4, 0.5) is 0 Å². The van der Waals surface area contributed by atoms with E-state index in [1.807, 2.05) is 30.3 Å². The molecule has 0 spiro atoms. The molecule has 1 heteroatoms. The van der Waals surface area contributed by atoms with Gasteiger partial charge in [0.15, 0.2) is 0 Å². The molecule has 0 heterocycles. The van der Waals surface area contributed by atoms with Crippen LogP contribution in [0, 0.1) is 17.8 Å². The van der Waals surface area contributed by atoms with Crippen LogP contribution in [0.1, 0.15) is 51.5 Å². The van der Waals surface area contributed by atoms with Crippen LogP contribution in [-0.4, -0.2) is 11.2 Å². The summed E-state index contributed by atoms with van der Waals surface area (Å²) in [5, 5.41) is 10.4. The normalized spacial score (nSPS) is 20.7. The average Bonchev–Trinajstić information content (AvgIpc) is 2.82. The van der Waals surface area contributed by atoms with E-state index in [1.165, 1.54) is 24.0 Å². The van der Waals surface area contributed by atoms with Gasteiger partial charge in [-0.3, -0.25) is 0 Å². The number of benzene rings is 1. The molecule has 0 saturated carbocycles. The Balaban J connectivity index is 2.13. The lowest BCUT2D eigenvalue weighted by Gasteiger charge is -2.16. The van der Waals surface area contributed by atoms with E-state index >= 15 is 0 Å². The van der Waals surface area contributed by atoms with Gasteiger partial charge in [0.05, 0.1) is 6.10 Å². The summed E-state index contributed by atoms with van der Waals surface area (Å²) >= 11 is 0. The van der Waals surface area contributed by atoms with Crippen LogP contribution in [0.3, 0.4) is 0 Å². The van der Waals surface area contributed by atoms with E-state index in [4.69, 9.17) is 0 Å². The van der Waals surface area contributed by atoms with Crippen LogP contribution in [0.2, 0.25) is 0 Å². The fourth-order valence-electron chi connectivity index (χ4n) is 3.23. The molecule has 1 aliphatic carbocycles. The Morgan fingerprint density at radius 2 is 2.05 bits per heavy atom. The van der Waals surface area contributed by atoms with Crippen LogP contribution in [0.5, 0.6) is 0 Å². The number of allylic oxidation sites excluding steroid dienone is 1. The monoisotopic (exact) mass is 294 g/mol. The number of aliphatic hydroxyl groups is 1. The van der Waals surface area contributed by atoms with Gasteiger partial charge in [-0.1, -0.05) is 61.1 Å². The predicted octanol–water partition coefficient (Wildman–Crippen LogP) is 4.87. The minimum absolute atomic E-state index is 0.126. The summed E-state index contributed by atoms with van der Waals surface area (Å²) in [7, 11) is 0. The molecule has 0 bridgehead atoms. The van der Waals surface area contributed by atoms with E-state index in [2.05, 4.69) is 32.3 Å². The number of rotatable bonds is 5. The maximum atomic E-state index is 10.4. The minimum Gasteiger partial charge on any atom is -0.392 e. The maximum absolute atomic E-state index is 10.4. The molecule has 0 amide bonds. The number of aliphatic hydroxyl groups excluding tert-OH is 1. The molecule has 0 fully saturated rings. The van der Waals surface area contributed by atoms with Gasteiger partial charge < -0.3 is 5.11 Å². The largest absolute Gasteiger partial charge is 0.392 e. The van der Waals surface area contributed by atoms with Crippen molar-refractivity contribution in [3.05, 3.63) is 59.2 Å². The summed E-state index contributed by atoms with van der Waals surface area (Å²) in [5.74, 6) is 6.57. The second kappa shape index (κ2) is 8.01. The van der Waals surface area contributed by atoms with E-state index in [9.17, 15) is 5.11 Å². The van der Waals surface area contributed by atoms with Gasteiger partial charge in [-0.25, -0.2) is 0 Å². The van der Waals surface area contributed by atoms with Crippen LogP contribution >= 0.6 is 0 Å². The van der Waals surface area contributed by atoms with Gasteiger partial charge in [0.2, 0.25) is 0 Å². The van der Waals surface area contributed by atoms with Gasteiger partial charge in [0.25, 0.3) is 0 Å². The Morgan fingerprint density at radius 3 is 2.68 bits per heavy atom. The molecule has 0 radical (unpaired) electrons. The van der Waals surface area contributed by atoms with Gasteiger partial charge in [-0.05, 0) is 43.9 Å². The van der Waals surface area contributed by atoms with E-state index in [0.717, 1.165) is 24.0 Å². The number of hydrogen-bond donors (Lipinski definition) is 1. The molecular formula is C21H26O. The summed E-state index contributed by atoms with van der Waals surface area (Å²) in [6.45, 7) is 8.39. The van der Waals surface area contributed by atoms with E-state index in [0.29, 0.717) is 6.42 Å². The van der Waals surface area contributed by atoms with Gasteiger partial charge in [0, 0.05) is 17.9 Å².